The van der Waals surface area contributed by atoms with Gasteiger partial charge in [0.25, 0.3) is 0 Å². The molecule has 2 atom stereocenters. The number of nitrogens with zero attached hydrogens (tertiary/aromatic N) is 1. The Morgan fingerprint density at radius 1 is 1.42 bits per heavy atom. The Labute approximate surface area is 116 Å². The lowest BCUT2D eigenvalue weighted by molar-refractivity contribution is -0.123. The van der Waals surface area contributed by atoms with E-state index in [0.717, 1.165) is 17.0 Å². The molecule has 100 valence electrons. The van der Waals surface area contributed by atoms with Crippen LogP contribution in [0.3, 0.4) is 0 Å². The summed E-state index contributed by atoms with van der Waals surface area (Å²) < 4.78 is 0. The van der Waals surface area contributed by atoms with Crippen LogP contribution < -0.4 is 11.1 Å². The molecule has 1 unspecified atom stereocenters. The second kappa shape index (κ2) is 6.45. The normalized spacial score (nSPS) is 13.8. The van der Waals surface area contributed by atoms with E-state index in [0.29, 0.717) is 0 Å². The van der Waals surface area contributed by atoms with Gasteiger partial charge in [0.2, 0.25) is 5.91 Å². The van der Waals surface area contributed by atoms with E-state index in [1.165, 1.54) is 11.3 Å². The highest BCUT2D eigenvalue weighted by atomic mass is 32.1. The maximum Gasteiger partial charge on any atom is 0.242 e. The summed E-state index contributed by atoms with van der Waals surface area (Å²) >= 11 is 1.54. The maximum atomic E-state index is 12.1. The highest BCUT2D eigenvalue weighted by molar-refractivity contribution is 7.09. The lowest BCUT2D eigenvalue weighted by Crippen LogP contribution is -2.36. The molecule has 1 aromatic heterocycles. The van der Waals surface area contributed by atoms with Crippen molar-refractivity contribution in [2.24, 2.45) is 5.73 Å². The van der Waals surface area contributed by atoms with Gasteiger partial charge in [-0.25, -0.2) is 4.98 Å². The molecule has 0 aliphatic heterocycles. The minimum atomic E-state index is -0.643. The van der Waals surface area contributed by atoms with Crippen LogP contribution in [-0.2, 0) is 4.79 Å². The monoisotopic (exact) mass is 275 g/mol. The van der Waals surface area contributed by atoms with E-state index in [1.807, 2.05) is 42.6 Å². The van der Waals surface area contributed by atoms with Crippen LogP contribution in [-0.4, -0.2) is 10.9 Å². The Bertz CT molecular complexity index is 513. The van der Waals surface area contributed by atoms with Gasteiger partial charge in [0.15, 0.2) is 0 Å². The summed E-state index contributed by atoms with van der Waals surface area (Å²) in [6, 6.07) is 8.65. The molecule has 1 heterocycles. The van der Waals surface area contributed by atoms with E-state index in [-0.39, 0.29) is 11.9 Å². The molecule has 1 amide bonds. The molecule has 0 saturated carbocycles. The number of benzene rings is 1. The van der Waals surface area contributed by atoms with Crippen molar-refractivity contribution in [2.45, 2.75) is 25.4 Å². The van der Waals surface area contributed by atoms with E-state index in [4.69, 9.17) is 5.73 Å². The summed E-state index contributed by atoms with van der Waals surface area (Å²) in [5.74, 6) is -0.173. The maximum absolute atomic E-state index is 12.1. The van der Waals surface area contributed by atoms with Crippen LogP contribution in [0.2, 0.25) is 0 Å². The van der Waals surface area contributed by atoms with Crippen molar-refractivity contribution < 1.29 is 4.79 Å². The van der Waals surface area contributed by atoms with Gasteiger partial charge in [0, 0.05) is 11.6 Å². The molecule has 0 spiro atoms. The van der Waals surface area contributed by atoms with Gasteiger partial charge in [0.1, 0.15) is 11.0 Å². The first-order chi connectivity index (χ1) is 9.22. The van der Waals surface area contributed by atoms with E-state index >= 15 is 0 Å². The largest absolute Gasteiger partial charge is 0.345 e. The quantitative estimate of drug-likeness (QED) is 0.880. The Morgan fingerprint density at radius 2 is 2.16 bits per heavy atom. The third kappa shape index (κ3) is 3.39. The van der Waals surface area contributed by atoms with E-state index in [2.05, 4.69) is 10.3 Å². The van der Waals surface area contributed by atoms with Gasteiger partial charge in [-0.05, 0) is 12.0 Å². The first kappa shape index (κ1) is 13.7. The average molecular weight is 275 g/mol. The zero-order chi connectivity index (χ0) is 13.7. The number of nitrogens with two attached hydrogens (primary N) is 1. The number of carbonyl (C=O) groups excluding carboxylic acids is 1. The zero-order valence-corrected chi connectivity index (χ0v) is 11.6. The molecule has 2 rings (SSSR count). The Balaban J connectivity index is 2.04. The van der Waals surface area contributed by atoms with Gasteiger partial charge >= 0.3 is 0 Å². The van der Waals surface area contributed by atoms with Crippen LogP contribution in [0, 0.1) is 0 Å². The van der Waals surface area contributed by atoms with E-state index < -0.39 is 6.04 Å². The molecule has 2 aromatic rings. The van der Waals surface area contributed by atoms with E-state index in [9.17, 15) is 4.79 Å². The van der Waals surface area contributed by atoms with Gasteiger partial charge in [0.05, 0.1) is 6.04 Å². The molecular formula is C14H17N3OS. The molecule has 3 N–H and O–H groups in total. The molecule has 0 bridgehead atoms. The molecule has 0 aliphatic rings. The minimum Gasteiger partial charge on any atom is -0.345 e. The molecular weight excluding hydrogens is 258 g/mol. The molecule has 0 saturated heterocycles. The lowest BCUT2D eigenvalue weighted by atomic mass is 10.1. The van der Waals surface area contributed by atoms with Crippen LogP contribution in [0.15, 0.2) is 41.9 Å². The molecule has 1 aromatic carbocycles. The topological polar surface area (TPSA) is 68.0 Å². The fourth-order valence-corrected chi connectivity index (χ4v) is 2.59. The summed E-state index contributed by atoms with van der Waals surface area (Å²) in [5.41, 5.74) is 6.78. The summed E-state index contributed by atoms with van der Waals surface area (Å²) in [6.07, 6.45) is 2.53. The van der Waals surface area contributed by atoms with Crippen molar-refractivity contribution in [1.29, 1.82) is 0 Å². The second-order valence-corrected chi connectivity index (χ2v) is 5.15. The fourth-order valence-electron chi connectivity index (χ4n) is 1.82. The predicted molar refractivity (Wildman–Crippen MR) is 76.7 cm³/mol. The molecule has 19 heavy (non-hydrogen) atoms. The smallest absolute Gasteiger partial charge is 0.242 e. The minimum absolute atomic E-state index is 0.0673. The van der Waals surface area contributed by atoms with Crippen LogP contribution in [0.25, 0.3) is 0 Å². The van der Waals surface area contributed by atoms with Crippen molar-refractivity contribution in [2.75, 3.05) is 0 Å². The summed E-state index contributed by atoms with van der Waals surface area (Å²) in [5, 5.41) is 5.77. The number of thiazole rings is 1. The third-order valence-electron chi connectivity index (χ3n) is 2.92. The number of rotatable bonds is 5. The van der Waals surface area contributed by atoms with Crippen LogP contribution in [0.1, 0.15) is 36.0 Å². The third-order valence-corrected chi connectivity index (χ3v) is 3.80. The summed E-state index contributed by atoms with van der Waals surface area (Å²) in [7, 11) is 0. The molecule has 0 aliphatic carbocycles. The SMILES string of the molecule is CCC(NC(=O)[C@@H](N)c1ccccc1)c1nccs1. The first-order valence-electron chi connectivity index (χ1n) is 6.22. The second-order valence-electron chi connectivity index (χ2n) is 4.23. The highest BCUT2D eigenvalue weighted by Crippen LogP contribution is 2.20. The zero-order valence-electron chi connectivity index (χ0n) is 10.7. The Morgan fingerprint density at radius 3 is 2.74 bits per heavy atom. The average Bonchev–Trinajstić information content (AvgIpc) is 2.98. The predicted octanol–water partition coefficient (Wildman–Crippen LogP) is 2.41. The Kier molecular flexibility index (Phi) is 4.65. The standard InChI is InChI=1S/C14H17N3OS/c1-2-11(14-16-8-9-19-14)17-13(18)12(15)10-6-4-3-5-7-10/h3-9,11-12H,2,15H2,1H3,(H,17,18)/t11?,12-/m0/s1. The van der Waals surface area contributed by atoms with Gasteiger partial charge in [-0.2, -0.15) is 0 Å². The molecule has 0 fully saturated rings. The van der Waals surface area contributed by atoms with Crippen molar-refractivity contribution in [3.05, 3.63) is 52.5 Å². The Hall–Kier alpha value is -1.72. The van der Waals surface area contributed by atoms with Gasteiger partial charge in [-0.1, -0.05) is 37.3 Å². The van der Waals surface area contributed by atoms with Crippen LogP contribution in [0.5, 0.6) is 0 Å². The molecule has 0 radical (unpaired) electrons. The number of aromatic nitrogens is 1. The molecule has 5 heteroatoms. The number of hydrogen-bond acceptors (Lipinski definition) is 4. The number of nitrogens with one attached hydrogen (secondary N) is 1. The van der Waals surface area contributed by atoms with Gasteiger partial charge in [-0.3, -0.25) is 4.79 Å². The highest BCUT2D eigenvalue weighted by Gasteiger charge is 2.20. The number of amides is 1. The van der Waals surface area contributed by atoms with Gasteiger partial charge < -0.3 is 11.1 Å². The van der Waals surface area contributed by atoms with Crippen molar-refractivity contribution in [3.8, 4) is 0 Å². The van der Waals surface area contributed by atoms with Crippen LogP contribution in [0.4, 0.5) is 0 Å². The van der Waals surface area contributed by atoms with Crippen molar-refractivity contribution in [3.63, 3.8) is 0 Å². The van der Waals surface area contributed by atoms with Crippen molar-refractivity contribution >= 4 is 17.2 Å². The first-order valence-corrected chi connectivity index (χ1v) is 7.10. The lowest BCUT2D eigenvalue weighted by Gasteiger charge is -2.18. The van der Waals surface area contributed by atoms with E-state index in [1.54, 1.807) is 6.20 Å². The number of carbonyl (C=O) groups is 1. The van der Waals surface area contributed by atoms with Gasteiger partial charge in [-0.15, -0.1) is 11.3 Å². The molecule has 4 nitrogen and oxygen atoms in total. The summed E-state index contributed by atoms with van der Waals surface area (Å²) in [4.78, 5) is 16.4. The van der Waals surface area contributed by atoms with Crippen molar-refractivity contribution in [1.82, 2.24) is 10.3 Å². The summed E-state index contributed by atoms with van der Waals surface area (Å²) in [6.45, 7) is 2.01. The fraction of sp³-hybridized carbons (Fsp3) is 0.286. The van der Waals surface area contributed by atoms with Crippen LogP contribution >= 0.6 is 11.3 Å². The number of hydrogen-bond donors (Lipinski definition) is 2.